The van der Waals surface area contributed by atoms with Crippen LogP contribution in [-0.2, 0) is 11.2 Å². The lowest BCUT2D eigenvalue weighted by molar-refractivity contribution is 0.204. The van der Waals surface area contributed by atoms with Crippen molar-refractivity contribution in [3.8, 4) is 0 Å². The van der Waals surface area contributed by atoms with Gasteiger partial charge < -0.3 is 15.4 Å². The summed E-state index contributed by atoms with van der Waals surface area (Å²) in [5, 5.41) is 6.94. The molecule has 0 saturated carbocycles. The predicted molar refractivity (Wildman–Crippen MR) is 75.4 cm³/mol. The van der Waals surface area contributed by atoms with Crippen molar-refractivity contribution in [2.75, 3.05) is 26.8 Å². The fraction of sp³-hybridized carbons (Fsp3) is 0.462. The Hall–Kier alpha value is -1.13. The molecule has 0 aliphatic heterocycles. The summed E-state index contributed by atoms with van der Waals surface area (Å²) in [5.41, 5.74) is 2.63. The third kappa shape index (κ3) is 6.24. The predicted octanol–water partition coefficient (Wildman–Crippen LogP) is 1.65. The number of nitrogens with one attached hydrogen (secondary N) is 2. The van der Waals surface area contributed by atoms with Crippen LogP contribution < -0.4 is 10.6 Å². The second kappa shape index (κ2) is 8.03. The first-order valence-electron chi connectivity index (χ1n) is 5.78. The molecule has 0 atom stereocenters. The Morgan fingerprint density at radius 3 is 2.76 bits per heavy atom. The lowest BCUT2D eigenvalue weighted by atomic mass is 10.1. The molecule has 0 aliphatic carbocycles. The van der Waals surface area contributed by atoms with Crippen LogP contribution >= 0.6 is 12.2 Å². The molecule has 4 heteroatoms. The van der Waals surface area contributed by atoms with Crippen molar-refractivity contribution in [1.82, 2.24) is 10.6 Å². The van der Waals surface area contributed by atoms with Crippen molar-refractivity contribution >= 4 is 17.3 Å². The third-order valence-corrected chi connectivity index (χ3v) is 2.66. The largest absolute Gasteiger partial charge is 0.383 e. The molecule has 0 amide bonds. The maximum atomic E-state index is 5.13. The standard InChI is InChI=1S/C13H20N2OS/c1-11-4-3-5-12(10-11)6-7-14-13(17)15-8-9-16-2/h3-5,10H,6-9H2,1-2H3,(H2,14,15,17). The molecule has 0 fully saturated rings. The molecule has 94 valence electrons. The molecule has 3 nitrogen and oxygen atoms in total. The summed E-state index contributed by atoms with van der Waals surface area (Å²) in [4.78, 5) is 0. The maximum Gasteiger partial charge on any atom is 0.166 e. The van der Waals surface area contributed by atoms with Crippen molar-refractivity contribution in [2.45, 2.75) is 13.3 Å². The number of hydrogen-bond acceptors (Lipinski definition) is 2. The highest BCUT2D eigenvalue weighted by Gasteiger charge is 1.96. The third-order valence-electron chi connectivity index (χ3n) is 2.37. The summed E-state index contributed by atoms with van der Waals surface area (Å²) in [6.07, 6.45) is 0.980. The molecule has 0 heterocycles. The number of methoxy groups -OCH3 is 1. The zero-order chi connectivity index (χ0) is 12.5. The number of aryl methyl sites for hydroxylation is 1. The molecule has 0 spiro atoms. The lowest BCUT2D eigenvalue weighted by Gasteiger charge is -2.10. The lowest BCUT2D eigenvalue weighted by Crippen LogP contribution is -2.37. The van der Waals surface area contributed by atoms with Gasteiger partial charge in [-0.1, -0.05) is 29.8 Å². The minimum absolute atomic E-state index is 0.666. The van der Waals surface area contributed by atoms with Crippen molar-refractivity contribution < 1.29 is 4.74 Å². The fourth-order valence-corrected chi connectivity index (χ4v) is 1.72. The van der Waals surface area contributed by atoms with E-state index in [9.17, 15) is 0 Å². The number of ether oxygens (including phenoxy) is 1. The van der Waals surface area contributed by atoms with E-state index in [1.807, 2.05) is 0 Å². The SMILES string of the molecule is COCCNC(=S)NCCc1cccc(C)c1. The van der Waals surface area contributed by atoms with Gasteiger partial charge in [-0.05, 0) is 31.1 Å². The molecule has 1 aromatic rings. The second-order valence-electron chi connectivity index (χ2n) is 3.91. The molecular formula is C13H20N2OS. The minimum Gasteiger partial charge on any atom is -0.383 e. The Bertz CT molecular complexity index is 355. The smallest absolute Gasteiger partial charge is 0.166 e. The summed E-state index contributed by atoms with van der Waals surface area (Å²) in [5.74, 6) is 0. The number of hydrogen-bond donors (Lipinski definition) is 2. The first kappa shape index (κ1) is 13.9. The molecule has 17 heavy (non-hydrogen) atoms. The van der Waals surface area contributed by atoms with E-state index in [0.717, 1.165) is 19.5 Å². The van der Waals surface area contributed by atoms with E-state index in [1.54, 1.807) is 7.11 Å². The Morgan fingerprint density at radius 2 is 2.06 bits per heavy atom. The van der Waals surface area contributed by atoms with Crippen LogP contribution in [0.1, 0.15) is 11.1 Å². The van der Waals surface area contributed by atoms with Gasteiger partial charge in [0.2, 0.25) is 0 Å². The Balaban J connectivity index is 2.17. The van der Waals surface area contributed by atoms with E-state index >= 15 is 0 Å². The van der Waals surface area contributed by atoms with Gasteiger partial charge in [0.25, 0.3) is 0 Å². The van der Waals surface area contributed by atoms with Crippen LogP contribution in [-0.4, -0.2) is 31.9 Å². The molecule has 0 saturated heterocycles. The average molecular weight is 252 g/mol. The van der Waals surface area contributed by atoms with Crippen LogP contribution in [0.15, 0.2) is 24.3 Å². The Labute approximate surface area is 109 Å². The summed E-state index contributed by atoms with van der Waals surface area (Å²) < 4.78 is 4.93. The summed E-state index contributed by atoms with van der Waals surface area (Å²) in [6, 6.07) is 8.52. The molecule has 0 unspecified atom stereocenters. The topological polar surface area (TPSA) is 33.3 Å². The highest BCUT2D eigenvalue weighted by atomic mass is 32.1. The highest BCUT2D eigenvalue weighted by Crippen LogP contribution is 2.03. The molecule has 1 rings (SSSR count). The molecule has 0 aromatic heterocycles. The molecule has 0 bridgehead atoms. The van der Waals surface area contributed by atoms with Crippen LogP contribution in [0.3, 0.4) is 0 Å². The minimum atomic E-state index is 0.666. The van der Waals surface area contributed by atoms with Gasteiger partial charge in [0.05, 0.1) is 6.61 Å². The maximum absolute atomic E-state index is 5.13. The quantitative estimate of drug-likeness (QED) is 0.596. The highest BCUT2D eigenvalue weighted by molar-refractivity contribution is 7.80. The zero-order valence-corrected chi connectivity index (χ0v) is 11.3. The molecule has 0 radical (unpaired) electrons. The summed E-state index contributed by atoms with van der Waals surface area (Å²) in [6.45, 7) is 4.36. The number of thiocarbonyl (C=S) groups is 1. The van der Waals surface area contributed by atoms with E-state index in [0.29, 0.717) is 11.7 Å². The van der Waals surface area contributed by atoms with E-state index in [1.165, 1.54) is 11.1 Å². The number of rotatable bonds is 6. The van der Waals surface area contributed by atoms with Gasteiger partial charge in [0.15, 0.2) is 5.11 Å². The molecular weight excluding hydrogens is 232 g/mol. The van der Waals surface area contributed by atoms with Gasteiger partial charge in [-0.2, -0.15) is 0 Å². The average Bonchev–Trinajstić information content (AvgIpc) is 2.29. The zero-order valence-electron chi connectivity index (χ0n) is 10.5. The van der Waals surface area contributed by atoms with Gasteiger partial charge >= 0.3 is 0 Å². The normalized spacial score (nSPS) is 10.0. The van der Waals surface area contributed by atoms with Gasteiger partial charge in [-0.25, -0.2) is 0 Å². The van der Waals surface area contributed by atoms with Gasteiger partial charge in [-0.15, -0.1) is 0 Å². The van der Waals surface area contributed by atoms with Crippen LogP contribution in [0.5, 0.6) is 0 Å². The van der Waals surface area contributed by atoms with Crippen LogP contribution in [0, 0.1) is 6.92 Å². The molecule has 1 aromatic carbocycles. The number of benzene rings is 1. The Kier molecular flexibility index (Phi) is 6.58. The Morgan fingerprint density at radius 1 is 1.29 bits per heavy atom. The van der Waals surface area contributed by atoms with E-state index in [2.05, 4.69) is 41.8 Å². The van der Waals surface area contributed by atoms with Crippen LogP contribution in [0.4, 0.5) is 0 Å². The van der Waals surface area contributed by atoms with Gasteiger partial charge in [-0.3, -0.25) is 0 Å². The van der Waals surface area contributed by atoms with Gasteiger partial charge in [0.1, 0.15) is 0 Å². The van der Waals surface area contributed by atoms with E-state index < -0.39 is 0 Å². The van der Waals surface area contributed by atoms with Crippen molar-refractivity contribution in [3.63, 3.8) is 0 Å². The molecule has 2 N–H and O–H groups in total. The summed E-state index contributed by atoms with van der Waals surface area (Å²) >= 11 is 5.13. The van der Waals surface area contributed by atoms with Gasteiger partial charge in [0, 0.05) is 20.2 Å². The molecule has 0 aliphatic rings. The van der Waals surface area contributed by atoms with Crippen molar-refractivity contribution in [3.05, 3.63) is 35.4 Å². The van der Waals surface area contributed by atoms with Crippen molar-refractivity contribution in [1.29, 1.82) is 0 Å². The van der Waals surface area contributed by atoms with Crippen LogP contribution in [0.25, 0.3) is 0 Å². The monoisotopic (exact) mass is 252 g/mol. The summed E-state index contributed by atoms with van der Waals surface area (Å²) in [7, 11) is 1.68. The van der Waals surface area contributed by atoms with E-state index in [-0.39, 0.29) is 0 Å². The van der Waals surface area contributed by atoms with Crippen LogP contribution in [0.2, 0.25) is 0 Å². The second-order valence-corrected chi connectivity index (χ2v) is 4.32. The van der Waals surface area contributed by atoms with Crippen molar-refractivity contribution in [2.24, 2.45) is 0 Å². The first-order valence-corrected chi connectivity index (χ1v) is 6.19. The van der Waals surface area contributed by atoms with E-state index in [4.69, 9.17) is 17.0 Å². The fourth-order valence-electron chi connectivity index (χ4n) is 1.52. The first-order chi connectivity index (χ1) is 8.22.